The van der Waals surface area contributed by atoms with Gasteiger partial charge in [0, 0.05) is 25.2 Å². The van der Waals surface area contributed by atoms with Gasteiger partial charge in [-0.1, -0.05) is 30.3 Å². The molecule has 0 unspecified atom stereocenters. The third kappa shape index (κ3) is 2.24. The molecule has 2 aliphatic rings. The van der Waals surface area contributed by atoms with Gasteiger partial charge in [-0.2, -0.15) is 0 Å². The Labute approximate surface area is 104 Å². The SMILES string of the molecule is C[C@@H](c1ccccc1)N1C[C@H]2CCCN[C@H]2C1. The maximum atomic E-state index is 3.68. The Balaban J connectivity index is 1.70. The fourth-order valence-corrected chi connectivity index (χ4v) is 3.34. The van der Waals surface area contributed by atoms with Crippen molar-refractivity contribution in [1.29, 1.82) is 0 Å². The van der Waals surface area contributed by atoms with Crippen molar-refractivity contribution in [2.75, 3.05) is 19.6 Å². The summed E-state index contributed by atoms with van der Waals surface area (Å²) >= 11 is 0. The van der Waals surface area contributed by atoms with Crippen molar-refractivity contribution in [2.45, 2.75) is 31.8 Å². The Morgan fingerprint density at radius 3 is 2.82 bits per heavy atom. The van der Waals surface area contributed by atoms with Gasteiger partial charge in [-0.25, -0.2) is 0 Å². The molecule has 2 heterocycles. The molecule has 3 atom stereocenters. The molecule has 92 valence electrons. The van der Waals surface area contributed by atoms with Crippen LogP contribution in [0.4, 0.5) is 0 Å². The predicted octanol–water partition coefficient (Wildman–Crippen LogP) is 2.43. The van der Waals surface area contributed by atoms with E-state index < -0.39 is 0 Å². The fourth-order valence-electron chi connectivity index (χ4n) is 3.34. The molecule has 1 aromatic rings. The zero-order chi connectivity index (χ0) is 11.7. The van der Waals surface area contributed by atoms with E-state index in [2.05, 4.69) is 47.5 Å². The van der Waals surface area contributed by atoms with Crippen molar-refractivity contribution >= 4 is 0 Å². The normalized spacial score (nSPS) is 31.1. The van der Waals surface area contributed by atoms with Crippen LogP contribution in [0.15, 0.2) is 30.3 Å². The lowest BCUT2D eigenvalue weighted by atomic mass is 9.94. The highest BCUT2D eigenvalue weighted by atomic mass is 15.2. The number of likely N-dealkylation sites (tertiary alicyclic amines) is 1. The summed E-state index contributed by atoms with van der Waals surface area (Å²) in [5, 5.41) is 3.68. The second-order valence-corrected chi connectivity index (χ2v) is 5.50. The molecule has 17 heavy (non-hydrogen) atoms. The van der Waals surface area contributed by atoms with Gasteiger partial charge < -0.3 is 5.32 Å². The van der Waals surface area contributed by atoms with E-state index in [9.17, 15) is 0 Å². The quantitative estimate of drug-likeness (QED) is 0.839. The minimum atomic E-state index is 0.559. The van der Waals surface area contributed by atoms with Crippen LogP contribution in [0.5, 0.6) is 0 Å². The van der Waals surface area contributed by atoms with Gasteiger partial charge in [0.1, 0.15) is 0 Å². The average Bonchev–Trinajstić information content (AvgIpc) is 2.82. The highest BCUT2D eigenvalue weighted by Gasteiger charge is 2.36. The minimum Gasteiger partial charge on any atom is -0.312 e. The molecule has 0 spiro atoms. The summed E-state index contributed by atoms with van der Waals surface area (Å²) in [6.45, 7) is 6.05. The first-order valence-corrected chi connectivity index (χ1v) is 6.87. The largest absolute Gasteiger partial charge is 0.312 e. The third-order valence-electron chi connectivity index (χ3n) is 4.46. The Kier molecular flexibility index (Phi) is 3.17. The van der Waals surface area contributed by atoms with Crippen molar-refractivity contribution in [1.82, 2.24) is 10.2 Å². The lowest BCUT2D eigenvalue weighted by Gasteiger charge is -2.25. The van der Waals surface area contributed by atoms with E-state index in [4.69, 9.17) is 0 Å². The van der Waals surface area contributed by atoms with E-state index in [1.807, 2.05) is 0 Å². The molecule has 3 rings (SSSR count). The van der Waals surface area contributed by atoms with Crippen LogP contribution in [0.2, 0.25) is 0 Å². The fraction of sp³-hybridized carbons (Fsp3) is 0.600. The molecular weight excluding hydrogens is 208 g/mol. The molecule has 1 N–H and O–H groups in total. The number of nitrogens with zero attached hydrogens (tertiary/aromatic N) is 1. The second-order valence-electron chi connectivity index (χ2n) is 5.50. The average molecular weight is 230 g/mol. The summed E-state index contributed by atoms with van der Waals surface area (Å²) in [4.78, 5) is 2.64. The number of hydrogen-bond donors (Lipinski definition) is 1. The molecule has 2 saturated heterocycles. The van der Waals surface area contributed by atoms with Gasteiger partial charge in [0.25, 0.3) is 0 Å². The maximum absolute atomic E-state index is 3.68. The Morgan fingerprint density at radius 2 is 2.06 bits per heavy atom. The van der Waals surface area contributed by atoms with Gasteiger partial charge in [0.05, 0.1) is 0 Å². The van der Waals surface area contributed by atoms with E-state index in [0.717, 1.165) is 12.0 Å². The molecule has 2 aliphatic heterocycles. The topological polar surface area (TPSA) is 15.3 Å². The zero-order valence-electron chi connectivity index (χ0n) is 10.6. The number of benzene rings is 1. The van der Waals surface area contributed by atoms with Crippen molar-refractivity contribution in [3.05, 3.63) is 35.9 Å². The lowest BCUT2D eigenvalue weighted by Crippen LogP contribution is -2.40. The summed E-state index contributed by atoms with van der Waals surface area (Å²) in [6.07, 6.45) is 2.77. The predicted molar refractivity (Wildman–Crippen MR) is 70.9 cm³/mol. The van der Waals surface area contributed by atoms with E-state index in [-0.39, 0.29) is 0 Å². The van der Waals surface area contributed by atoms with Gasteiger partial charge in [0.15, 0.2) is 0 Å². The Bertz CT molecular complexity index is 348. The molecule has 0 saturated carbocycles. The molecule has 0 amide bonds. The summed E-state index contributed by atoms with van der Waals surface area (Å²) in [5.41, 5.74) is 1.45. The summed E-state index contributed by atoms with van der Waals surface area (Å²) < 4.78 is 0. The molecule has 0 bridgehead atoms. The van der Waals surface area contributed by atoms with E-state index in [0.29, 0.717) is 6.04 Å². The first-order valence-electron chi connectivity index (χ1n) is 6.87. The highest BCUT2D eigenvalue weighted by molar-refractivity contribution is 5.19. The molecule has 2 heteroatoms. The standard InChI is InChI=1S/C15H22N2/c1-12(13-6-3-2-4-7-13)17-10-14-8-5-9-16-15(14)11-17/h2-4,6-7,12,14-16H,5,8-11H2,1H3/t12-,14+,15-/m0/s1. The molecule has 0 radical (unpaired) electrons. The molecule has 2 fully saturated rings. The van der Waals surface area contributed by atoms with Gasteiger partial charge in [0.2, 0.25) is 0 Å². The lowest BCUT2D eigenvalue weighted by molar-refractivity contribution is 0.251. The van der Waals surface area contributed by atoms with Crippen molar-refractivity contribution in [3.63, 3.8) is 0 Å². The van der Waals surface area contributed by atoms with Crippen molar-refractivity contribution in [3.8, 4) is 0 Å². The van der Waals surface area contributed by atoms with Crippen LogP contribution < -0.4 is 5.32 Å². The number of rotatable bonds is 2. The number of piperidine rings is 1. The van der Waals surface area contributed by atoms with Crippen LogP contribution in [0.1, 0.15) is 31.4 Å². The van der Waals surface area contributed by atoms with Crippen LogP contribution in [0.3, 0.4) is 0 Å². The van der Waals surface area contributed by atoms with Gasteiger partial charge in [-0.3, -0.25) is 4.90 Å². The van der Waals surface area contributed by atoms with Gasteiger partial charge in [-0.15, -0.1) is 0 Å². The van der Waals surface area contributed by atoms with Crippen LogP contribution in [-0.2, 0) is 0 Å². The second kappa shape index (κ2) is 4.79. The summed E-state index contributed by atoms with van der Waals surface area (Å²) in [5.74, 6) is 0.884. The summed E-state index contributed by atoms with van der Waals surface area (Å²) in [6, 6.07) is 12.2. The molecule has 2 nitrogen and oxygen atoms in total. The number of fused-ring (bicyclic) bond motifs is 1. The molecule has 0 aromatic heterocycles. The van der Waals surface area contributed by atoms with Crippen molar-refractivity contribution < 1.29 is 0 Å². The van der Waals surface area contributed by atoms with Gasteiger partial charge >= 0.3 is 0 Å². The van der Waals surface area contributed by atoms with E-state index >= 15 is 0 Å². The van der Waals surface area contributed by atoms with Gasteiger partial charge in [-0.05, 0) is 37.8 Å². The monoisotopic (exact) mass is 230 g/mol. The maximum Gasteiger partial charge on any atom is 0.0320 e. The Morgan fingerprint density at radius 1 is 1.24 bits per heavy atom. The highest BCUT2D eigenvalue weighted by Crippen LogP contribution is 2.31. The smallest absolute Gasteiger partial charge is 0.0320 e. The first kappa shape index (κ1) is 11.2. The van der Waals surface area contributed by atoms with Crippen LogP contribution in [0, 0.1) is 5.92 Å². The third-order valence-corrected chi connectivity index (χ3v) is 4.46. The zero-order valence-corrected chi connectivity index (χ0v) is 10.6. The van der Waals surface area contributed by atoms with Crippen LogP contribution in [0.25, 0.3) is 0 Å². The molecular formula is C15H22N2. The van der Waals surface area contributed by atoms with Crippen LogP contribution in [-0.4, -0.2) is 30.6 Å². The van der Waals surface area contributed by atoms with Crippen molar-refractivity contribution in [2.24, 2.45) is 5.92 Å². The van der Waals surface area contributed by atoms with E-state index in [1.165, 1.54) is 38.0 Å². The number of nitrogens with one attached hydrogen (secondary N) is 1. The van der Waals surface area contributed by atoms with E-state index in [1.54, 1.807) is 0 Å². The number of hydrogen-bond acceptors (Lipinski definition) is 2. The first-order chi connectivity index (χ1) is 8.34. The molecule has 0 aliphatic carbocycles. The Hall–Kier alpha value is -0.860. The molecule has 1 aromatic carbocycles. The minimum absolute atomic E-state index is 0.559. The van der Waals surface area contributed by atoms with Crippen LogP contribution >= 0.6 is 0 Å². The summed E-state index contributed by atoms with van der Waals surface area (Å²) in [7, 11) is 0.